The summed E-state index contributed by atoms with van der Waals surface area (Å²) in [5.74, 6) is -0.891. The number of rotatable bonds is 12. The van der Waals surface area contributed by atoms with Crippen LogP contribution in [0.1, 0.15) is 69.6 Å². The molecule has 1 aromatic carbocycles. The third kappa shape index (κ3) is 8.09. The molecular weight excluding hydrogens is 297 g/mol. The first-order chi connectivity index (χ1) is 10.6. The molecule has 22 heavy (non-hydrogen) atoms. The van der Waals surface area contributed by atoms with Crippen LogP contribution in [-0.4, -0.2) is 16.3 Å². The van der Waals surface area contributed by atoms with Crippen molar-refractivity contribution in [2.75, 3.05) is 6.54 Å². The molecule has 1 rings (SSSR count). The standard InChI is InChI=1S/C17H30NO3P/c1-2-3-4-5-6-7-8-12-15-18-17(22(19,20)21)16-13-10-9-11-14-16/h9-11,13-14,17-18H,2-8,12,15H2,1H3,(H2,19,20,21)/t17-/m0/s1. The fraction of sp³-hybridized carbons (Fsp3) is 0.647. The summed E-state index contributed by atoms with van der Waals surface area (Å²) >= 11 is 0. The van der Waals surface area contributed by atoms with Crippen molar-refractivity contribution in [3.63, 3.8) is 0 Å². The van der Waals surface area contributed by atoms with Crippen LogP contribution < -0.4 is 5.32 Å². The van der Waals surface area contributed by atoms with Crippen LogP contribution >= 0.6 is 7.60 Å². The molecule has 0 saturated heterocycles. The third-order valence-electron chi connectivity index (χ3n) is 3.82. The Balaban J connectivity index is 2.24. The van der Waals surface area contributed by atoms with Crippen molar-refractivity contribution in [3.8, 4) is 0 Å². The number of hydrogen-bond donors (Lipinski definition) is 3. The van der Waals surface area contributed by atoms with Gasteiger partial charge in [-0.3, -0.25) is 9.88 Å². The Morgan fingerprint density at radius 3 is 2.05 bits per heavy atom. The summed E-state index contributed by atoms with van der Waals surface area (Å²) in [6, 6.07) is 8.96. The smallest absolute Gasteiger partial charge is 0.323 e. The second kappa shape index (κ2) is 11.0. The Morgan fingerprint density at radius 1 is 0.955 bits per heavy atom. The van der Waals surface area contributed by atoms with E-state index >= 15 is 0 Å². The zero-order valence-electron chi connectivity index (χ0n) is 13.6. The van der Waals surface area contributed by atoms with E-state index in [1.807, 2.05) is 6.07 Å². The highest BCUT2D eigenvalue weighted by Crippen LogP contribution is 2.49. The summed E-state index contributed by atoms with van der Waals surface area (Å²) in [7, 11) is -4.18. The zero-order chi connectivity index (χ0) is 16.3. The molecule has 0 saturated carbocycles. The first kappa shape index (κ1) is 19.4. The van der Waals surface area contributed by atoms with E-state index in [1.165, 1.54) is 38.5 Å². The molecule has 0 heterocycles. The van der Waals surface area contributed by atoms with E-state index in [0.717, 1.165) is 12.8 Å². The van der Waals surface area contributed by atoms with Crippen molar-refractivity contribution in [1.82, 2.24) is 5.32 Å². The van der Waals surface area contributed by atoms with Gasteiger partial charge in [0.25, 0.3) is 0 Å². The molecule has 0 aromatic heterocycles. The van der Waals surface area contributed by atoms with Crippen LogP contribution in [0.2, 0.25) is 0 Å². The predicted molar refractivity (Wildman–Crippen MR) is 91.8 cm³/mol. The molecule has 1 aromatic rings. The highest BCUT2D eigenvalue weighted by Gasteiger charge is 2.29. The summed E-state index contributed by atoms with van der Waals surface area (Å²) < 4.78 is 11.6. The molecule has 1 atom stereocenters. The van der Waals surface area contributed by atoms with Crippen molar-refractivity contribution in [2.24, 2.45) is 0 Å². The maximum absolute atomic E-state index is 11.6. The van der Waals surface area contributed by atoms with Gasteiger partial charge in [-0.25, -0.2) is 0 Å². The van der Waals surface area contributed by atoms with E-state index in [9.17, 15) is 14.4 Å². The second-order valence-corrected chi connectivity index (χ2v) is 7.53. The van der Waals surface area contributed by atoms with Gasteiger partial charge in [-0.05, 0) is 18.5 Å². The average molecular weight is 327 g/mol. The number of benzene rings is 1. The van der Waals surface area contributed by atoms with E-state index in [0.29, 0.717) is 12.1 Å². The summed E-state index contributed by atoms with van der Waals surface area (Å²) in [5.41, 5.74) is 0.649. The molecular formula is C17H30NO3P. The van der Waals surface area contributed by atoms with Crippen molar-refractivity contribution in [2.45, 2.75) is 64.1 Å². The molecule has 3 N–H and O–H groups in total. The molecule has 0 aliphatic heterocycles. The summed E-state index contributed by atoms with van der Waals surface area (Å²) in [6.45, 7) is 2.86. The molecule has 0 unspecified atom stereocenters. The lowest BCUT2D eigenvalue weighted by Gasteiger charge is -2.20. The first-order valence-electron chi connectivity index (χ1n) is 8.39. The molecule has 0 fully saturated rings. The van der Waals surface area contributed by atoms with Crippen molar-refractivity contribution < 1.29 is 14.4 Å². The van der Waals surface area contributed by atoms with Crippen LogP contribution in [0.3, 0.4) is 0 Å². The summed E-state index contributed by atoms with van der Waals surface area (Å²) in [6.07, 6.45) is 9.76. The normalized spacial score (nSPS) is 13.2. The maximum Gasteiger partial charge on any atom is 0.346 e. The van der Waals surface area contributed by atoms with Crippen molar-refractivity contribution in [1.29, 1.82) is 0 Å². The quantitative estimate of drug-likeness (QED) is 0.388. The molecule has 0 aliphatic rings. The van der Waals surface area contributed by atoms with Gasteiger partial charge in [0.15, 0.2) is 0 Å². The monoisotopic (exact) mass is 327 g/mol. The van der Waals surface area contributed by atoms with E-state index in [2.05, 4.69) is 12.2 Å². The molecule has 126 valence electrons. The highest BCUT2D eigenvalue weighted by molar-refractivity contribution is 7.52. The number of hydrogen-bond acceptors (Lipinski definition) is 2. The van der Waals surface area contributed by atoms with Crippen LogP contribution in [0.5, 0.6) is 0 Å². The minimum atomic E-state index is -4.18. The first-order valence-corrected chi connectivity index (χ1v) is 10.1. The SMILES string of the molecule is CCCCCCCCCCN[C@H](c1ccccc1)P(=O)(O)O. The summed E-state index contributed by atoms with van der Waals surface area (Å²) in [5, 5.41) is 3.02. The maximum atomic E-state index is 11.6. The number of nitrogens with one attached hydrogen (secondary N) is 1. The fourth-order valence-electron chi connectivity index (χ4n) is 2.56. The Morgan fingerprint density at radius 2 is 1.50 bits per heavy atom. The van der Waals surface area contributed by atoms with Crippen LogP contribution in [-0.2, 0) is 4.57 Å². The Hall–Kier alpha value is -0.670. The van der Waals surface area contributed by atoms with E-state index in [4.69, 9.17) is 0 Å². The second-order valence-electron chi connectivity index (χ2n) is 5.83. The lowest BCUT2D eigenvalue weighted by atomic mass is 10.1. The van der Waals surface area contributed by atoms with E-state index in [1.54, 1.807) is 24.3 Å². The molecule has 4 nitrogen and oxygen atoms in total. The van der Waals surface area contributed by atoms with Gasteiger partial charge in [-0.2, -0.15) is 0 Å². The minimum Gasteiger partial charge on any atom is -0.323 e. The Kier molecular flexibility index (Phi) is 9.65. The topological polar surface area (TPSA) is 69.6 Å². The van der Waals surface area contributed by atoms with Gasteiger partial charge < -0.3 is 9.79 Å². The van der Waals surface area contributed by atoms with Crippen LogP contribution in [0.15, 0.2) is 30.3 Å². The lowest BCUT2D eigenvalue weighted by Crippen LogP contribution is -2.22. The fourth-order valence-corrected chi connectivity index (χ4v) is 3.49. The van der Waals surface area contributed by atoms with Gasteiger partial charge in [0, 0.05) is 0 Å². The molecule has 0 radical (unpaired) electrons. The van der Waals surface area contributed by atoms with Crippen molar-refractivity contribution in [3.05, 3.63) is 35.9 Å². The van der Waals surface area contributed by atoms with Gasteiger partial charge >= 0.3 is 7.60 Å². The summed E-state index contributed by atoms with van der Waals surface area (Å²) in [4.78, 5) is 19.0. The van der Waals surface area contributed by atoms with Crippen LogP contribution in [0.25, 0.3) is 0 Å². The zero-order valence-corrected chi connectivity index (χ0v) is 14.5. The van der Waals surface area contributed by atoms with E-state index < -0.39 is 13.4 Å². The van der Waals surface area contributed by atoms with Gasteiger partial charge in [0.1, 0.15) is 5.78 Å². The molecule has 0 amide bonds. The van der Waals surface area contributed by atoms with Crippen LogP contribution in [0.4, 0.5) is 0 Å². The third-order valence-corrected chi connectivity index (χ3v) is 4.97. The Labute approximate surface area is 134 Å². The lowest BCUT2D eigenvalue weighted by molar-refractivity contribution is 0.347. The molecule has 0 bridgehead atoms. The highest BCUT2D eigenvalue weighted by atomic mass is 31.2. The largest absolute Gasteiger partial charge is 0.346 e. The average Bonchev–Trinajstić information content (AvgIpc) is 2.49. The Bertz CT molecular complexity index is 433. The number of unbranched alkanes of at least 4 members (excludes halogenated alkanes) is 7. The molecule has 0 spiro atoms. The van der Waals surface area contributed by atoms with E-state index in [-0.39, 0.29) is 0 Å². The van der Waals surface area contributed by atoms with Crippen LogP contribution in [0, 0.1) is 0 Å². The van der Waals surface area contributed by atoms with Gasteiger partial charge in [-0.1, -0.05) is 82.2 Å². The minimum absolute atomic E-state index is 0.639. The molecule has 0 aliphatic carbocycles. The van der Waals surface area contributed by atoms with Gasteiger partial charge in [0.05, 0.1) is 0 Å². The molecule has 5 heteroatoms. The predicted octanol–water partition coefficient (Wildman–Crippen LogP) is 4.59. The van der Waals surface area contributed by atoms with Gasteiger partial charge in [0.2, 0.25) is 0 Å². The van der Waals surface area contributed by atoms with Gasteiger partial charge in [-0.15, -0.1) is 0 Å². The van der Waals surface area contributed by atoms with Crippen molar-refractivity contribution >= 4 is 7.60 Å².